The minimum absolute atomic E-state index is 0. The maximum atomic E-state index is 13.3. The number of benzene rings is 2. The van der Waals surface area contributed by atoms with Crippen LogP contribution in [0.4, 0.5) is 13.2 Å². The van der Waals surface area contributed by atoms with Gasteiger partial charge in [0.1, 0.15) is 5.75 Å². The molecule has 0 aliphatic heterocycles. The summed E-state index contributed by atoms with van der Waals surface area (Å²) in [7, 11) is 1.95. The van der Waals surface area contributed by atoms with Gasteiger partial charge in [0.25, 0.3) is 0 Å². The van der Waals surface area contributed by atoms with Gasteiger partial charge in [0.15, 0.2) is 0 Å². The first-order valence-electron chi connectivity index (χ1n) is 9.46. The van der Waals surface area contributed by atoms with Gasteiger partial charge in [-0.3, -0.25) is 4.90 Å². The molecule has 0 radical (unpaired) electrons. The second kappa shape index (κ2) is 8.97. The lowest BCUT2D eigenvalue weighted by Crippen LogP contribution is -2.37. The van der Waals surface area contributed by atoms with Gasteiger partial charge in [-0.15, -0.1) is 12.4 Å². The van der Waals surface area contributed by atoms with E-state index in [1.54, 1.807) is 6.07 Å². The molecule has 0 aromatic heterocycles. The Hall–Kier alpha value is -1.43. The minimum atomic E-state index is -4.57. The molecular weight excluding hydrogens is 434 g/mol. The second-order valence-corrected chi connectivity index (χ2v) is 9.91. The number of alkyl halides is 3. The van der Waals surface area contributed by atoms with E-state index in [0.29, 0.717) is 17.7 Å². The molecule has 0 fully saturated rings. The van der Waals surface area contributed by atoms with Crippen LogP contribution >= 0.6 is 24.0 Å². The topological polar surface area (TPSA) is 23.5 Å². The van der Waals surface area contributed by atoms with Crippen molar-refractivity contribution in [3.63, 3.8) is 0 Å². The molecule has 0 heterocycles. The molecule has 0 saturated heterocycles. The van der Waals surface area contributed by atoms with Gasteiger partial charge in [-0.25, -0.2) is 0 Å². The first-order valence-corrected chi connectivity index (χ1v) is 9.84. The normalized spacial score (nSPS) is 12.8. The molecule has 0 bridgehead atoms. The van der Waals surface area contributed by atoms with Crippen molar-refractivity contribution in [2.24, 2.45) is 0 Å². The Morgan fingerprint density at radius 3 is 2.00 bits per heavy atom. The number of nitrogens with zero attached hydrogens (tertiary/aromatic N) is 1. The molecule has 2 rings (SSSR count). The Morgan fingerprint density at radius 2 is 1.53 bits per heavy atom. The molecule has 0 spiro atoms. The van der Waals surface area contributed by atoms with E-state index in [0.717, 1.165) is 11.6 Å². The van der Waals surface area contributed by atoms with Crippen LogP contribution in [0.1, 0.15) is 58.2 Å². The van der Waals surface area contributed by atoms with Gasteiger partial charge in [0.05, 0.1) is 10.6 Å². The fourth-order valence-corrected chi connectivity index (χ4v) is 3.10. The van der Waals surface area contributed by atoms with Crippen molar-refractivity contribution in [2.75, 3.05) is 7.05 Å². The molecule has 2 aromatic carbocycles. The van der Waals surface area contributed by atoms with Gasteiger partial charge in [-0.05, 0) is 62.6 Å². The minimum Gasteiger partial charge on any atom is -0.507 e. The summed E-state index contributed by atoms with van der Waals surface area (Å²) in [5, 5.41) is 10.6. The van der Waals surface area contributed by atoms with E-state index in [2.05, 4.69) is 25.7 Å². The Morgan fingerprint density at radius 1 is 0.967 bits per heavy atom. The third-order valence-electron chi connectivity index (χ3n) is 5.19. The molecule has 30 heavy (non-hydrogen) atoms. The van der Waals surface area contributed by atoms with Crippen LogP contribution in [-0.4, -0.2) is 22.6 Å². The molecule has 2 nitrogen and oxygen atoms in total. The van der Waals surface area contributed by atoms with Crippen molar-refractivity contribution in [1.29, 1.82) is 0 Å². The van der Waals surface area contributed by atoms with E-state index >= 15 is 0 Å². The zero-order valence-electron chi connectivity index (χ0n) is 18.4. The number of phenolic OH excluding ortho intramolecular Hbond substituents is 1. The molecule has 0 aliphatic rings. The molecule has 0 atom stereocenters. The lowest BCUT2D eigenvalue weighted by atomic mass is 9.83. The molecule has 0 aliphatic carbocycles. The highest BCUT2D eigenvalue weighted by Crippen LogP contribution is 2.42. The van der Waals surface area contributed by atoms with E-state index in [4.69, 9.17) is 11.6 Å². The lowest BCUT2D eigenvalue weighted by Gasteiger charge is -2.33. The van der Waals surface area contributed by atoms with Crippen molar-refractivity contribution in [3.8, 4) is 16.9 Å². The van der Waals surface area contributed by atoms with E-state index in [-0.39, 0.29) is 39.7 Å². The van der Waals surface area contributed by atoms with Crippen LogP contribution in [-0.2, 0) is 18.1 Å². The third-order valence-corrected chi connectivity index (χ3v) is 5.52. The standard InChI is InChI=1S/C23H29ClF3NO.ClH/c1-21(2,3)16-10-15(13-28(7)22(4,5)6)20(29)17(12-16)14-8-9-19(24)18(11-14)23(25,26)27;/h8-12,29H,13H2,1-7H3;1H. The van der Waals surface area contributed by atoms with Crippen LogP contribution in [0, 0.1) is 0 Å². The smallest absolute Gasteiger partial charge is 0.417 e. The predicted octanol–water partition coefficient (Wildman–Crippen LogP) is 7.68. The maximum absolute atomic E-state index is 13.3. The lowest BCUT2D eigenvalue weighted by molar-refractivity contribution is -0.137. The van der Waals surface area contributed by atoms with Crippen molar-refractivity contribution in [3.05, 3.63) is 52.0 Å². The summed E-state index contributed by atoms with van der Waals surface area (Å²) in [4.78, 5) is 2.08. The summed E-state index contributed by atoms with van der Waals surface area (Å²) in [5.41, 5.74) is 0.983. The van der Waals surface area contributed by atoms with Crippen LogP contribution in [0.3, 0.4) is 0 Å². The van der Waals surface area contributed by atoms with E-state index < -0.39 is 11.7 Å². The summed E-state index contributed by atoms with van der Waals surface area (Å²) in [5.74, 6) is -0.00968. The van der Waals surface area contributed by atoms with Crippen LogP contribution < -0.4 is 0 Å². The molecule has 2 aromatic rings. The van der Waals surface area contributed by atoms with Gasteiger partial charge in [-0.1, -0.05) is 44.5 Å². The maximum Gasteiger partial charge on any atom is 0.417 e. The van der Waals surface area contributed by atoms with E-state index in [1.807, 2.05) is 33.9 Å². The average molecular weight is 464 g/mol. The zero-order chi connectivity index (χ0) is 22.4. The average Bonchev–Trinajstić information content (AvgIpc) is 2.54. The van der Waals surface area contributed by atoms with Crippen molar-refractivity contribution < 1.29 is 18.3 Å². The highest BCUT2D eigenvalue weighted by atomic mass is 35.5. The van der Waals surface area contributed by atoms with E-state index in [1.165, 1.54) is 12.1 Å². The predicted molar refractivity (Wildman–Crippen MR) is 121 cm³/mol. The molecule has 0 saturated carbocycles. The summed E-state index contributed by atoms with van der Waals surface area (Å²) in [6.07, 6.45) is -4.57. The number of halogens is 5. The van der Waals surface area contributed by atoms with Gasteiger partial charge >= 0.3 is 6.18 Å². The monoisotopic (exact) mass is 463 g/mol. The van der Waals surface area contributed by atoms with Crippen molar-refractivity contribution >= 4 is 24.0 Å². The highest BCUT2D eigenvalue weighted by molar-refractivity contribution is 6.31. The van der Waals surface area contributed by atoms with Gasteiger partial charge in [0.2, 0.25) is 0 Å². The third kappa shape index (κ3) is 6.05. The van der Waals surface area contributed by atoms with Crippen LogP contribution in [0.2, 0.25) is 5.02 Å². The number of rotatable bonds is 3. The summed E-state index contributed by atoms with van der Waals surface area (Å²) in [6.45, 7) is 12.7. The molecule has 7 heteroatoms. The van der Waals surface area contributed by atoms with Crippen LogP contribution in [0.15, 0.2) is 30.3 Å². The molecule has 0 amide bonds. The van der Waals surface area contributed by atoms with Crippen molar-refractivity contribution in [1.82, 2.24) is 4.90 Å². The Labute approximate surface area is 188 Å². The van der Waals surface area contributed by atoms with Crippen LogP contribution in [0.25, 0.3) is 11.1 Å². The number of hydrogen-bond donors (Lipinski definition) is 1. The van der Waals surface area contributed by atoms with Crippen LogP contribution in [0.5, 0.6) is 5.75 Å². The quantitative estimate of drug-likeness (QED) is 0.504. The number of phenols is 1. The van der Waals surface area contributed by atoms with E-state index in [9.17, 15) is 18.3 Å². The first kappa shape index (κ1) is 26.6. The number of aromatic hydroxyl groups is 1. The van der Waals surface area contributed by atoms with Gasteiger partial charge in [0, 0.05) is 23.2 Å². The molecule has 0 unspecified atom stereocenters. The fraction of sp³-hybridized carbons (Fsp3) is 0.478. The summed E-state index contributed by atoms with van der Waals surface area (Å²) < 4.78 is 40.0. The SMILES string of the molecule is CN(Cc1cc(C(C)(C)C)cc(-c2ccc(Cl)c(C(F)(F)F)c2)c1O)C(C)(C)C.Cl. The summed E-state index contributed by atoms with van der Waals surface area (Å²) >= 11 is 5.77. The Kier molecular flexibility index (Phi) is 7.96. The molecular formula is C23H30Cl2F3NO. The van der Waals surface area contributed by atoms with Gasteiger partial charge in [-0.2, -0.15) is 13.2 Å². The zero-order valence-corrected chi connectivity index (χ0v) is 20.0. The van der Waals surface area contributed by atoms with Gasteiger partial charge < -0.3 is 5.11 Å². The molecule has 1 N–H and O–H groups in total. The second-order valence-electron chi connectivity index (χ2n) is 9.50. The largest absolute Gasteiger partial charge is 0.507 e. The first-order chi connectivity index (χ1) is 13.0. The summed E-state index contributed by atoms with van der Waals surface area (Å²) in [6, 6.07) is 7.43. The fourth-order valence-electron chi connectivity index (χ4n) is 2.87. The highest BCUT2D eigenvalue weighted by Gasteiger charge is 2.34. The Bertz CT molecular complexity index is 897. The van der Waals surface area contributed by atoms with Crippen molar-refractivity contribution in [2.45, 2.75) is 65.2 Å². The number of hydrogen-bond acceptors (Lipinski definition) is 2. The molecule has 168 valence electrons. The Balaban J connectivity index is 0.00000450.